The number of carboxylic acids is 1. The fourth-order valence-corrected chi connectivity index (χ4v) is 3.47. The lowest BCUT2D eigenvalue weighted by Gasteiger charge is -2.07. The molecule has 2 aromatic rings. The van der Waals surface area contributed by atoms with Crippen LogP contribution in [0.1, 0.15) is 27.0 Å². The first-order chi connectivity index (χ1) is 9.88. The third-order valence-corrected chi connectivity index (χ3v) is 5.37. The molecule has 0 fully saturated rings. The van der Waals surface area contributed by atoms with Crippen molar-refractivity contribution in [3.8, 4) is 0 Å². The van der Waals surface area contributed by atoms with E-state index in [1.165, 1.54) is 11.6 Å². The van der Waals surface area contributed by atoms with Gasteiger partial charge in [0.05, 0.1) is 22.1 Å². The van der Waals surface area contributed by atoms with E-state index >= 15 is 0 Å². The lowest BCUT2D eigenvalue weighted by atomic mass is 10.1. The van der Waals surface area contributed by atoms with Crippen molar-refractivity contribution in [1.29, 1.82) is 0 Å². The third kappa shape index (κ3) is 3.80. The molecule has 1 atom stereocenters. The molecule has 2 rings (SSSR count). The van der Waals surface area contributed by atoms with Gasteiger partial charge in [-0.1, -0.05) is 18.2 Å². The quantitative estimate of drug-likeness (QED) is 0.886. The average Bonchev–Trinajstić information content (AvgIpc) is 2.43. The van der Waals surface area contributed by atoms with Crippen LogP contribution < -0.4 is 0 Å². The molecule has 0 aliphatic carbocycles. The number of carbonyl (C=O) groups is 1. The molecule has 0 saturated heterocycles. The van der Waals surface area contributed by atoms with Gasteiger partial charge in [-0.3, -0.25) is 4.21 Å². The molecule has 0 saturated carbocycles. The summed E-state index contributed by atoms with van der Waals surface area (Å²) >= 11 is 3.18. The Bertz CT molecular complexity index is 725. The fraction of sp³-hybridized carbons (Fsp3) is 0.188. The third-order valence-electron chi connectivity index (χ3n) is 3.30. The van der Waals surface area contributed by atoms with Crippen LogP contribution in [-0.2, 0) is 16.6 Å². The number of carboxylic acid groups (broad SMARTS) is 1. The van der Waals surface area contributed by atoms with E-state index in [0.29, 0.717) is 15.1 Å². The van der Waals surface area contributed by atoms with Gasteiger partial charge in [-0.2, -0.15) is 0 Å². The first-order valence-electron chi connectivity index (χ1n) is 6.36. The average molecular weight is 367 g/mol. The zero-order valence-corrected chi connectivity index (χ0v) is 14.1. The second-order valence-electron chi connectivity index (χ2n) is 4.86. The van der Waals surface area contributed by atoms with E-state index in [0.717, 1.165) is 11.1 Å². The molecule has 21 heavy (non-hydrogen) atoms. The summed E-state index contributed by atoms with van der Waals surface area (Å²) in [5.74, 6) is -0.658. The summed E-state index contributed by atoms with van der Waals surface area (Å²) in [6, 6.07) is 10.8. The Morgan fingerprint density at radius 1 is 1.14 bits per heavy atom. The zero-order chi connectivity index (χ0) is 15.6. The number of hydrogen-bond donors (Lipinski definition) is 1. The SMILES string of the molecule is Cc1ccc(CS(=O)c2ccc(Br)c(C(=O)O)c2)cc1C. The standard InChI is InChI=1S/C16H15BrO3S/c1-10-3-4-12(7-11(10)2)9-21(20)13-5-6-15(17)14(8-13)16(18)19/h3-8H,9H2,1-2H3,(H,18,19). The van der Waals surface area contributed by atoms with Crippen molar-refractivity contribution in [2.45, 2.75) is 24.5 Å². The molecule has 3 nitrogen and oxygen atoms in total. The maximum Gasteiger partial charge on any atom is 0.336 e. The molecule has 0 spiro atoms. The summed E-state index contributed by atoms with van der Waals surface area (Å²) in [5, 5.41) is 9.10. The van der Waals surface area contributed by atoms with Crippen LogP contribution in [0.5, 0.6) is 0 Å². The number of benzene rings is 2. The maximum atomic E-state index is 12.4. The lowest BCUT2D eigenvalue weighted by molar-refractivity contribution is 0.0695. The highest BCUT2D eigenvalue weighted by Crippen LogP contribution is 2.22. The molecule has 110 valence electrons. The molecule has 0 heterocycles. The van der Waals surface area contributed by atoms with Gasteiger partial charge in [0.1, 0.15) is 0 Å². The molecule has 0 aliphatic rings. The fourth-order valence-electron chi connectivity index (χ4n) is 1.94. The lowest BCUT2D eigenvalue weighted by Crippen LogP contribution is -2.02. The van der Waals surface area contributed by atoms with Gasteiger partial charge >= 0.3 is 5.97 Å². The van der Waals surface area contributed by atoms with E-state index in [1.807, 2.05) is 32.0 Å². The van der Waals surface area contributed by atoms with Crippen molar-refractivity contribution in [1.82, 2.24) is 0 Å². The van der Waals surface area contributed by atoms with E-state index in [-0.39, 0.29) is 5.56 Å². The van der Waals surface area contributed by atoms with Crippen molar-refractivity contribution in [2.75, 3.05) is 0 Å². The van der Waals surface area contributed by atoms with Gasteiger partial charge in [-0.05, 0) is 64.7 Å². The second kappa shape index (κ2) is 6.54. The summed E-state index contributed by atoms with van der Waals surface area (Å²) in [4.78, 5) is 11.6. The van der Waals surface area contributed by atoms with E-state index in [1.54, 1.807) is 12.1 Å². The van der Waals surface area contributed by atoms with Crippen LogP contribution in [0.15, 0.2) is 45.8 Å². The Morgan fingerprint density at radius 2 is 1.86 bits per heavy atom. The van der Waals surface area contributed by atoms with Gasteiger partial charge in [0.2, 0.25) is 0 Å². The summed E-state index contributed by atoms with van der Waals surface area (Å²) in [6.07, 6.45) is 0. The molecule has 0 aliphatic heterocycles. The molecule has 5 heteroatoms. The second-order valence-corrected chi connectivity index (χ2v) is 7.16. The normalized spacial score (nSPS) is 12.1. The van der Waals surface area contributed by atoms with Crippen molar-refractivity contribution < 1.29 is 14.1 Å². The monoisotopic (exact) mass is 366 g/mol. The van der Waals surface area contributed by atoms with E-state index in [4.69, 9.17) is 5.11 Å². The minimum absolute atomic E-state index is 0.126. The zero-order valence-electron chi connectivity index (χ0n) is 11.7. The van der Waals surface area contributed by atoms with Gasteiger partial charge in [0, 0.05) is 9.37 Å². The van der Waals surface area contributed by atoms with Crippen LogP contribution >= 0.6 is 15.9 Å². The number of hydrogen-bond acceptors (Lipinski definition) is 2. The van der Waals surface area contributed by atoms with E-state index in [2.05, 4.69) is 15.9 Å². The molecule has 1 N–H and O–H groups in total. The first-order valence-corrected chi connectivity index (χ1v) is 8.47. The number of aromatic carboxylic acids is 1. The predicted octanol–water partition coefficient (Wildman–Crippen LogP) is 4.07. The van der Waals surface area contributed by atoms with Gasteiger partial charge < -0.3 is 5.11 Å². The molecule has 0 bridgehead atoms. The van der Waals surface area contributed by atoms with Crippen molar-refractivity contribution in [3.05, 3.63) is 63.1 Å². The van der Waals surface area contributed by atoms with Crippen molar-refractivity contribution in [3.63, 3.8) is 0 Å². The number of aryl methyl sites for hydroxylation is 2. The molecule has 0 aromatic heterocycles. The van der Waals surface area contributed by atoms with Crippen LogP contribution in [0.4, 0.5) is 0 Å². The predicted molar refractivity (Wildman–Crippen MR) is 87.1 cm³/mol. The van der Waals surface area contributed by atoms with Gasteiger partial charge in [-0.25, -0.2) is 4.79 Å². The summed E-state index contributed by atoms with van der Waals surface area (Å²) in [6.45, 7) is 4.05. The maximum absolute atomic E-state index is 12.4. The van der Waals surface area contributed by atoms with Gasteiger partial charge in [-0.15, -0.1) is 0 Å². The Balaban J connectivity index is 2.26. The Labute approximate surface area is 134 Å². The minimum Gasteiger partial charge on any atom is -0.478 e. The Hall–Kier alpha value is -1.46. The first kappa shape index (κ1) is 15.9. The highest BCUT2D eigenvalue weighted by atomic mass is 79.9. The topological polar surface area (TPSA) is 54.4 Å². The van der Waals surface area contributed by atoms with Crippen LogP contribution in [0, 0.1) is 13.8 Å². The molecule has 1 unspecified atom stereocenters. The van der Waals surface area contributed by atoms with Gasteiger partial charge in [0.15, 0.2) is 0 Å². The van der Waals surface area contributed by atoms with Crippen molar-refractivity contribution >= 4 is 32.7 Å². The molecule has 2 aromatic carbocycles. The van der Waals surface area contributed by atoms with Crippen LogP contribution in [0.2, 0.25) is 0 Å². The highest BCUT2D eigenvalue weighted by molar-refractivity contribution is 9.10. The summed E-state index contributed by atoms with van der Waals surface area (Å²) in [5.41, 5.74) is 3.46. The number of rotatable bonds is 4. The van der Waals surface area contributed by atoms with Gasteiger partial charge in [0.25, 0.3) is 0 Å². The van der Waals surface area contributed by atoms with Crippen LogP contribution in [-0.4, -0.2) is 15.3 Å². The molecule has 0 amide bonds. The Morgan fingerprint density at radius 3 is 2.48 bits per heavy atom. The van der Waals surface area contributed by atoms with Crippen molar-refractivity contribution in [2.24, 2.45) is 0 Å². The molecular weight excluding hydrogens is 352 g/mol. The molecule has 0 radical (unpaired) electrons. The largest absolute Gasteiger partial charge is 0.478 e. The smallest absolute Gasteiger partial charge is 0.336 e. The molecular formula is C16H15BrO3S. The van der Waals surface area contributed by atoms with Crippen LogP contribution in [0.25, 0.3) is 0 Å². The summed E-state index contributed by atoms with van der Waals surface area (Å²) < 4.78 is 12.9. The van der Waals surface area contributed by atoms with E-state index < -0.39 is 16.8 Å². The minimum atomic E-state index is -1.27. The highest BCUT2D eigenvalue weighted by Gasteiger charge is 2.13. The van der Waals surface area contributed by atoms with E-state index in [9.17, 15) is 9.00 Å². The Kier molecular flexibility index (Phi) is 4.96. The van der Waals surface area contributed by atoms with Crippen LogP contribution in [0.3, 0.4) is 0 Å². The summed E-state index contributed by atoms with van der Waals surface area (Å²) in [7, 11) is -1.27. The number of halogens is 1.